The van der Waals surface area contributed by atoms with Crippen LogP contribution >= 0.6 is 0 Å². The molecular weight excluding hydrogens is 230 g/mol. The number of nitrogens with two attached hydrogens (primary N) is 1. The first kappa shape index (κ1) is 13.2. The predicted octanol–water partition coefficient (Wildman–Crippen LogP) is 2.45. The van der Waals surface area contributed by atoms with Gasteiger partial charge in [-0.25, -0.2) is 0 Å². The van der Waals surface area contributed by atoms with Crippen molar-refractivity contribution in [3.05, 3.63) is 23.8 Å². The van der Waals surface area contributed by atoms with Crippen molar-refractivity contribution >= 4 is 5.69 Å². The lowest BCUT2D eigenvalue weighted by molar-refractivity contribution is -0.162. The number of aryl methyl sites for hydroxylation is 1. The summed E-state index contributed by atoms with van der Waals surface area (Å²) in [4.78, 5) is 0. The normalized spacial score (nSPS) is 19.9. The number of phenolic OH excluding ortho intramolecular Hbond substituents is 1. The molecule has 0 bridgehead atoms. The average molecular weight is 251 g/mol. The summed E-state index contributed by atoms with van der Waals surface area (Å²) in [6, 6.07) is 5.34. The number of hydrogen-bond acceptors (Lipinski definition) is 4. The topological polar surface area (TPSA) is 64.7 Å². The van der Waals surface area contributed by atoms with Gasteiger partial charge in [-0.15, -0.1) is 0 Å². The van der Waals surface area contributed by atoms with Crippen molar-refractivity contribution in [1.82, 2.24) is 0 Å². The maximum absolute atomic E-state index is 9.32. The van der Waals surface area contributed by atoms with Crippen LogP contribution in [0.25, 0.3) is 0 Å². The van der Waals surface area contributed by atoms with Crippen LogP contribution in [-0.4, -0.2) is 24.6 Å². The summed E-state index contributed by atoms with van der Waals surface area (Å²) in [5, 5.41) is 9.32. The Morgan fingerprint density at radius 2 is 2.28 bits per heavy atom. The van der Waals surface area contributed by atoms with Crippen LogP contribution in [0, 0.1) is 0 Å². The minimum Gasteiger partial charge on any atom is -0.506 e. The SMILES string of the molecule is Nc1cc(CCCOC2CCCCO2)ccc1O. The Bertz CT molecular complexity index is 375. The molecule has 0 aliphatic carbocycles. The molecule has 1 aliphatic heterocycles. The Morgan fingerprint density at radius 1 is 1.39 bits per heavy atom. The molecule has 3 N–H and O–H groups in total. The fourth-order valence-electron chi connectivity index (χ4n) is 2.09. The lowest BCUT2D eigenvalue weighted by Gasteiger charge is -2.22. The first-order valence-corrected chi connectivity index (χ1v) is 6.56. The standard InChI is InChI=1S/C14H21NO3/c15-12-10-11(6-7-13(12)16)4-3-9-18-14-5-1-2-8-17-14/h6-7,10,14,16H,1-5,8-9,15H2. The van der Waals surface area contributed by atoms with Gasteiger partial charge in [0.1, 0.15) is 5.75 Å². The van der Waals surface area contributed by atoms with Gasteiger partial charge < -0.3 is 20.3 Å². The third kappa shape index (κ3) is 3.89. The second-order valence-corrected chi connectivity index (χ2v) is 4.66. The zero-order valence-electron chi connectivity index (χ0n) is 10.6. The molecule has 1 aromatic carbocycles. The van der Waals surface area contributed by atoms with Crippen LogP contribution in [0.1, 0.15) is 31.2 Å². The molecule has 1 atom stereocenters. The van der Waals surface area contributed by atoms with Crippen molar-refractivity contribution in [3.8, 4) is 5.75 Å². The van der Waals surface area contributed by atoms with E-state index in [1.807, 2.05) is 12.1 Å². The maximum Gasteiger partial charge on any atom is 0.157 e. The first-order chi connectivity index (χ1) is 8.75. The van der Waals surface area contributed by atoms with Gasteiger partial charge in [0, 0.05) is 6.61 Å². The summed E-state index contributed by atoms with van der Waals surface area (Å²) in [6.07, 6.45) is 5.17. The highest BCUT2D eigenvalue weighted by Crippen LogP contribution is 2.21. The second-order valence-electron chi connectivity index (χ2n) is 4.66. The molecule has 4 nitrogen and oxygen atoms in total. The van der Waals surface area contributed by atoms with Crippen LogP contribution in [0.5, 0.6) is 5.75 Å². The van der Waals surface area contributed by atoms with Crippen molar-refractivity contribution in [2.24, 2.45) is 0 Å². The molecule has 1 aromatic rings. The van der Waals surface area contributed by atoms with Gasteiger partial charge >= 0.3 is 0 Å². The fourth-order valence-corrected chi connectivity index (χ4v) is 2.09. The number of rotatable bonds is 5. The number of anilines is 1. The van der Waals surface area contributed by atoms with E-state index < -0.39 is 0 Å². The smallest absolute Gasteiger partial charge is 0.157 e. The molecule has 0 spiro atoms. The van der Waals surface area contributed by atoms with E-state index in [2.05, 4.69) is 0 Å². The van der Waals surface area contributed by atoms with Gasteiger partial charge in [-0.3, -0.25) is 0 Å². The first-order valence-electron chi connectivity index (χ1n) is 6.56. The van der Waals surface area contributed by atoms with Crippen LogP contribution < -0.4 is 5.73 Å². The summed E-state index contributed by atoms with van der Waals surface area (Å²) < 4.78 is 11.1. The van der Waals surface area contributed by atoms with E-state index >= 15 is 0 Å². The van der Waals surface area contributed by atoms with Crippen LogP contribution in [0.4, 0.5) is 5.69 Å². The van der Waals surface area contributed by atoms with E-state index in [9.17, 15) is 5.11 Å². The van der Waals surface area contributed by atoms with E-state index in [4.69, 9.17) is 15.2 Å². The Labute approximate surface area is 108 Å². The zero-order chi connectivity index (χ0) is 12.8. The van der Waals surface area contributed by atoms with Crippen molar-refractivity contribution < 1.29 is 14.6 Å². The Morgan fingerprint density at radius 3 is 3.00 bits per heavy atom. The molecule has 0 saturated carbocycles. The van der Waals surface area contributed by atoms with Crippen molar-refractivity contribution in [2.75, 3.05) is 18.9 Å². The molecule has 18 heavy (non-hydrogen) atoms. The van der Waals surface area contributed by atoms with Gasteiger partial charge in [0.25, 0.3) is 0 Å². The van der Waals surface area contributed by atoms with E-state index in [0.29, 0.717) is 12.3 Å². The van der Waals surface area contributed by atoms with Gasteiger partial charge in [0.15, 0.2) is 6.29 Å². The Kier molecular flexibility index (Phi) is 4.84. The third-order valence-corrected chi connectivity index (χ3v) is 3.14. The van der Waals surface area contributed by atoms with E-state index in [1.54, 1.807) is 6.07 Å². The Hall–Kier alpha value is -1.26. The van der Waals surface area contributed by atoms with Gasteiger partial charge in [0.2, 0.25) is 0 Å². The molecule has 0 amide bonds. The van der Waals surface area contributed by atoms with E-state index in [1.165, 1.54) is 6.42 Å². The number of nitrogen functional groups attached to an aromatic ring is 1. The van der Waals surface area contributed by atoms with Gasteiger partial charge in [-0.1, -0.05) is 6.07 Å². The lowest BCUT2D eigenvalue weighted by Crippen LogP contribution is -2.22. The van der Waals surface area contributed by atoms with E-state index in [-0.39, 0.29) is 12.0 Å². The molecule has 1 heterocycles. The molecule has 2 rings (SSSR count). The summed E-state index contributed by atoms with van der Waals surface area (Å²) in [5.74, 6) is 0.144. The number of benzene rings is 1. The molecule has 1 saturated heterocycles. The summed E-state index contributed by atoms with van der Waals surface area (Å²) in [7, 11) is 0. The zero-order valence-corrected chi connectivity index (χ0v) is 10.6. The molecule has 0 aromatic heterocycles. The van der Waals surface area contributed by atoms with Crippen molar-refractivity contribution in [3.63, 3.8) is 0 Å². The van der Waals surface area contributed by atoms with Crippen molar-refractivity contribution in [1.29, 1.82) is 0 Å². The fraction of sp³-hybridized carbons (Fsp3) is 0.571. The molecule has 1 aliphatic rings. The number of phenols is 1. The molecule has 4 heteroatoms. The second kappa shape index (κ2) is 6.61. The molecule has 1 fully saturated rings. The molecule has 0 radical (unpaired) electrons. The predicted molar refractivity (Wildman–Crippen MR) is 70.4 cm³/mol. The highest BCUT2D eigenvalue weighted by Gasteiger charge is 2.13. The Balaban J connectivity index is 1.66. The highest BCUT2D eigenvalue weighted by atomic mass is 16.7. The quantitative estimate of drug-likeness (QED) is 0.479. The van der Waals surface area contributed by atoms with Crippen molar-refractivity contribution in [2.45, 2.75) is 38.4 Å². The monoisotopic (exact) mass is 251 g/mol. The number of hydrogen-bond donors (Lipinski definition) is 2. The summed E-state index contributed by atoms with van der Waals surface area (Å²) in [5.41, 5.74) is 7.20. The van der Waals surface area contributed by atoms with Crippen LogP contribution in [0.3, 0.4) is 0 Å². The minimum atomic E-state index is -0.0105. The van der Waals surface area contributed by atoms with Gasteiger partial charge in [-0.05, 0) is 49.8 Å². The molecule has 1 unspecified atom stereocenters. The van der Waals surface area contributed by atoms with Gasteiger partial charge in [-0.2, -0.15) is 0 Å². The van der Waals surface area contributed by atoms with Gasteiger partial charge in [0.05, 0.1) is 12.3 Å². The van der Waals surface area contributed by atoms with Crippen LogP contribution in [-0.2, 0) is 15.9 Å². The summed E-state index contributed by atoms with van der Waals surface area (Å²) >= 11 is 0. The lowest BCUT2D eigenvalue weighted by atomic mass is 10.1. The number of aromatic hydroxyl groups is 1. The molecular formula is C14H21NO3. The summed E-state index contributed by atoms with van der Waals surface area (Å²) in [6.45, 7) is 1.52. The minimum absolute atomic E-state index is 0.0105. The molecule has 100 valence electrons. The van der Waals surface area contributed by atoms with E-state index in [0.717, 1.165) is 37.9 Å². The number of ether oxygens (including phenoxy) is 2. The van der Waals surface area contributed by atoms with Crippen LogP contribution in [0.15, 0.2) is 18.2 Å². The maximum atomic E-state index is 9.32. The van der Waals surface area contributed by atoms with Crippen LogP contribution in [0.2, 0.25) is 0 Å². The largest absolute Gasteiger partial charge is 0.506 e. The highest BCUT2D eigenvalue weighted by molar-refractivity contribution is 5.53. The third-order valence-electron chi connectivity index (χ3n) is 3.14. The average Bonchev–Trinajstić information content (AvgIpc) is 2.40.